The highest BCUT2D eigenvalue weighted by Gasteiger charge is 2.17. The zero-order valence-electron chi connectivity index (χ0n) is 11.5. The fraction of sp³-hybridized carbons (Fsp3) is 0. The number of nitrogens with zero attached hydrogens (tertiary/aromatic N) is 2. The second-order valence-corrected chi connectivity index (χ2v) is 8.48. The summed E-state index contributed by atoms with van der Waals surface area (Å²) >= 11 is 10.2. The van der Waals surface area contributed by atoms with Gasteiger partial charge < -0.3 is 4.42 Å². The molecule has 0 fully saturated rings. The fourth-order valence-corrected chi connectivity index (χ4v) is 3.84. The topological polar surface area (TPSA) is 73.1 Å². The molecule has 3 rings (SSSR count). The summed E-state index contributed by atoms with van der Waals surface area (Å²) in [6.45, 7) is 0. The molecule has 0 unspecified atom stereocenters. The van der Waals surface area contributed by atoms with Crippen LogP contribution in [0.1, 0.15) is 0 Å². The maximum atomic E-state index is 13.1. The molecule has 0 aliphatic carbocycles. The molecule has 0 radical (unpaired) electrons. The van der Waals surface area contributed by atoms with Gasteiger partial charge in [0.15, 0.2) is 0 Å². The van der Waals surface area contributed by atoms with Crippen molar-refractivity contribution in [2.24, 2.45) is 0 Å². The molecular formula is C14H6Br3FN2O3S. The van der Waals surface area contributed by atoms with Crippen LogP contribution in [0.15, 0.2) is 59.1 Å². The van der Waals surface area contributed by atoms with Crippen molar-refractivity contribution in [2.45, 2.75) is 4.90 Å². The smallest absolute Gasteiger partial charge is 0.332 e. The van der Waals surface area contributed by atoms with E-state index in [1.807, 2.05) is 0 Å². The van der Waals surface area contributed by atoms with Crippen LogP contribution in [0.4, 0.5) is 3.89 Å². The number of benzene rings is 2. The van der Waals surface area contributed by atoms with Crippen molar-refractivity contribution in [2.75, 3.05) is 0 Å². The molecule has 24 heavy (non-hydrogen) atoms. The van der Waals surface area contributed by atoms with Crippen LogP contribution in [-0.2, 0) is 10.2 Å². The van der Waals surface area contributed by atoms with Crippen molar-refractivity contribution in [1.82, 2.24) is 10.2 Å². The molecule has 124 valence electrons. The number of hydrogen-bond donors (Lipinski definition) is 0. The Bertz CT molecular complexity index is 1010. The van der Waals surface area contributed by atoms with Crippen molar-refractivity contribution in [1.29, 1.82) is 0 Å². The molecule has 0 aliphatic heterocycles. The molecule has 0 spiro atoms. The van der Waals surface area contributed by atoms with Gasteiger partial charge in [0.1, 0.15) is 0 Å². The number of rotatable bonds is 3. The maximum Gasteiger partial charge on any atom is 0.332 e. The zero-order chi connectivity index (χ0) is 17.5. The highest BCUT2D eigenvalue weighted by atomic mass is 79.9. The molecule has 5 nitrogen and oxygen atoms in total. The highest BCUT2D eigenvalue weighted by molar-refractivity contribution is 9.14. The van der Waals surface area contributed by atoms with Gasteiger partial charge in [0, 0.05) is 24.5 Å². The van der Waals surface area contributed by atoms with Gasteiger partial charge in [-0.05, 0) is 78.1 Å². The van der Waals surface area contributed by atoms with Gasteiger partial charge in [-0.3, -0.25) is 0 Å². The normalized spacial score (nSPS) is 11.7. The molecule has 0 saturated carbocycles. The van der Waals surface area contributed by atoms with Gasteiger partial charge in [0.25, 0.3) is 0 Å². The van der Waals surface area contributed by atoms with Crippen LogP contribution >= 0.6 is 47.8 Å². The van der Waals surface area contributed by atoms with E-state index in [-0.39, 0.29) is 11.8 Å². The molecule has 0 N–H and O–H groups in total. The summed E-state index contributed by atoms with van der Waals surface area (Å²) in [6.07, 6.45) is 0. The van der Waals surface area contributed by atoms with Gasteiger partial charge in [-0.25, -0.2) is 0 Å². The maximum absolute atomic E-state index is 13.1. The molecule has 2 aromatic carbocycles. The summed E-state index contributed by atoms with van der Waals surface area (Å²) < 4.78 is 43.1. The van der Waals surface area contributed by atoms with E-state index in [0.29, 0.717) is 11.1 Å². The van der Waals surface area contributed by atoms with Gasteiger partial charge >= 0.3 is 10.2 Å². The van der Waals surface area contributed by atoms with E-state index in [0.717, 1.165) is 25.6 Å². The molecule has 0 aliphatic rings. The molecule has 3 aromatic rings. The summed E-state index contributed by atoms with van der Waals surface area (Å²) in [5.74, 6) is 0.332. The molecule has 10 heteroatoms. The Labute approximate surface area is 161 Å². The van der Waals surface area contributed by atoms with Gasteiger partial charge in [-0.15, -0.1) is 14.1 Å². The van der Waals surface area contributed by atoms with E-state index >= 15 is 0 Å². The van der Waals surface area contributed by atoms with Crippen LogP contribution in [0.5, 0.6) is 0 Å². The number of hydrogen-bond acceptors (Lipinski definition) is 5. The molecule has 0 atom stereocenters. The van der Waals surface area contributed by atoms with Crippen molar-refractivity contribution >= 4 is 58.0 Å². The first-order valence-electron chi connectivity index (χ1n) is 6.29. The van der Waals surface area contributed by atoms with Gasteiger partial charge in [-0.1, -0.05) is 6.07 Å². The Morgan fingerprint density at radius 1 is 0.917 bits per heavy atom. The average molecular weight is 541 g/mol. The van der Waals surface area contributed by atoms with Crippen LogP contribution in [0.25, 0.3) is 22.9 Å². The predicted molar refractivity (Wildman–Crippen MR) is 96.6 cm³/mol. The molecule has 0 bridgehead atoms. The highest BCUT2D eigenvalue weighted by Crippen LogP contribution is 2.36. The molecule has 1 heterocycles. The van der Waals surface area contributed by atoms with Gasteiger partial charge in [0.2, 0.25) is 11.8 Å². The largest absolute Gasteiger partial charge is 0.416 e. The standard InChI is InChI=1S/C14H6Br3FN2O3S/c15-10-5-8(6-11(16)12(10)17)14-20-19-13(23-14)7-2-1-3-9(4-7)24(18,21)22/h1-6H. The third kappa shape index (κ3) is 3.61. The lowest BCUT2D eigenvalue weighted by Crippen LogP contribution is -1.92. The van der Waals surface area contributed by atoms with E-state index in [9.17, 15) is 12.3 Å². The Kier molecular flexibility index (Phi) is 4.92. The Hall–Kier alpha value is -1.10. The molecule has 1 aromatic heterocycles. The molecule has 0 saturated heterocycles. The third-order valence-electron chi connectivity index (χ3n) is 3.02. The van der Waals surface area contributed by atoms with Crippen LogP contribution in [0, 0.1) is 0 Å². The quantitative estimate of drug-likeness (QED) is 0.331. The minimum absolute atomic E-state index is 0.0886. The summed E-state index contributed by atoms with van der Waals surface area (Å²) in [7, 11) is -4.80. The summed E-state index contributed by atoms with van der Waals surface area (Å²) in [6, 6.07) is 8.82. The number of aromatic nitrogens is 2. The van der Waals surface area contributed by atoms with Crippen LogP contribution in [0.3, 0.4) is 0 Å². The first kappa shape index (κ1) is 17.7. The van der Waals surface area contributed by atoms with E-state index in [2.05, 4.69) is 58.0 Å². The SMILES string of the molecule is O=S(=O)(F)c1cccc(-c2nnc(-c3cc(Br)c(Br)c(Br)c3)o2)c1. The van der Waals surface area contributed by atoms with Crippen molar-refractivity contribution in [3.63, 3.8) is 0 Å². The first-order chi connectivity index (χ1) is 11.3. The second kappa shape index (κ2) is 6.66. The molecule has 0 amide bonds. The number of halogens is 4. The van der Waals surface area contributed by atoms with Crippen LogP contribution in [0.2, 0.25) is 0 Å². The minimum Gasteiger partial charge on any atom is -0.416 e. The minimum atomic E-state index is -4.80. The lowest BCUT2D eigenvalue weighted by atomic mass is 10.2. The Morgan fingerprint density at radius 3 is 2.08 bits per heavy atom. The monoisotopic (exact) mass is 538 g/mol. The predicted octanol–water partition coefficient (Wildman–Crippen LogP) is 5.35. The van der Waals surface area contributed by atoms with E-state index in [1.165, 1.54) is 6.07 Å². The van der Waals surface area contributed by atoms with Crippen molar-refractivity contribution in [3.8, 4) is 22.9 Å². The summed E-state index contributed by atoms with van der Waals surface area (Å²) in [5.41, 5.74) is 0.965. The van der Waals surface area contributed by atoms with Crippen LogP contribution in [-0.4, -0.2) is 18.6 Å². The lowest BCUT2D eigenvalue weighted by Gasteiger charge is -2.02. The van der Waals surface area contributed by atoms with Gasteiger partial charge in [0.05, 0.1) is 4.90 Å². The average Bonchev–Trinajstić information content (AvgIpc) is 3.01. The van der Waals surface area contributed by atoms with E-state index in [4.69, 9.17) is 4.42 Å². The summed E-state index contributed by atoms with van der Waals surface area (Å²) in [5, 5.41) is 7.84. The fourth-order valence-electron chi connectivity index (χ4n) is 1.92. The Morgan fingerprint density at radius 2 is 1.50 bits per heavy atom. The first-order valence-corrected chi connectivity index (χ1v) is 10.1. The second-order valence-electron chi connectivity index (χ2n) is 4.63. The van der Waals surface area contributed by atoms with Gasteiger partial charge in [-0.2, -0.15) is 8.42 Å². The Balaban J connectivity index is 2.03. The lowest BCUT2D eigenvalue weighted by molar-refractivity contribution is 0.552. The van der Waals surface area contributed by atoms with Crippen molar-refractivity contribution in [3.05, 3.63) is 49.8 Å². The molecular weight excluding hydrogens is 535 g/mol. The zero-order valence-corrected chi connectivity index (χ0v) is 17.1. The van der Waals surface area contributed by atoms with Crippen LogP contribution < -0.4 is 0 Å². The van der Waals surface area contributed by atoms with E-state index < -0.39 is 15.1 Å². The summed E-state index contributed by atoms with van der Waals surface area (Å²) in [4.78, 5) is -0.464. The van der Waals surface area contributed by atoms with E-state index in [1.54, 1.807) is 18.2 Å². The third-order valence-corrected chi connectivity index (χ3v) is 7.00. The van der Waals surface area contributed by atoms with Crippen molar-refractivity contribution < 1.29 is 16.7 Å².